The van der Waals surface area contributed by atoms with Gasteiger partial charge in [-0.2, -0.15) is 0 Å². The molecule has 1 aliphatic rings. The predicted molar refractivity (Wildman–Crippen MR) is 77.9 cm³/mol. The average molecular weight is 248 g/mol. The van der Waals surface area contributed by atoms with E-state index in [0.29, 0.717) is 0 Å². The molecule has 1 aliphatic heterocycles. The van der Waals surface area contributed by atoms with Crippen molar-refractivity contribution in [1.29, 1.82) is 0 Å². The van der Waals surface area contributed by atoms with Gasteiger partial charge in [-0.05, 0) is 30.2 Å². The second-order valence-corrected chi connectivity index (χ2v) is 5.81. The van der Waals surface area contributed by atoms with Crippen molar-refractivity contribution in [3.63, 3.8) is 0 Å². The summed E-state index contributed by atoms with van der Waals surface area (Å²) in [5.74, 6) is 1.06. The highest BCUT2D eigenvalue weighted by atomic mass is 15.1. The van der Waals surface area contributed by atoms with Crippen LogP contribution < -0.4 is 0 Å². The minimum Gasteiger partial charge on any atom is -0.296 e. The maximum Gasteiger partial charge on any atom is 0.111 e. The Kier molecular flexibility index (Phi) is 1.86. The van der Waals surface area contributed by atoms with E-state index >= 15 is 0 Å². The molecule has 0 aliphatic carbocycles. The van der Waals surface area contributed by atoms with Gasteiger partial charge in [0, 0.05) is 5.41 Å². The third kappa shape index (κ3) is 1.19. The maximum atomic E-state index is 4.71. The van der Waals surface area contributed by atoms with Crippen molar-refractivity contribution in [2.45, 2.75) is 26.2 Å². The van der Waals surface area contributed by atoms with E-state index in [1.54, 1.807) is 0 Å². The summed E-state index contributed by atoms with van der Waals surface area (Å²) in [4.78, 5) is 4.71. The third-order valence-corrected chi connectivity index (χ3v) is 4.34. The highest BCUT2D eigenvalue weighted by molar-refractivity contribution is 5.86. The zero-order valence-electron chi connectivity index (χ0n) is 11.4. The Bertz CT molecular complexity index is 809. The van der Waals surface area contributed by atoms with Gasteiger partial charge in [-0.25, -0.2) is 4.98 Å². The van der Waals surface area contributed by atoms with Crippen LogP contribution in [0.3, 0.4) is 0 Å². The lowest BCUT2D eigenvalue weighted by Gasteiger charge is -2.34. The summed E-state index contributed by atoms with van der Waals surface area (Å²) in [6, 6.07) is 15.1. The molecule has 0 saturated heterocycles. The molecule has 0 saturated carbocycles. The predicted octanol–water partition coefficient (Wildman–Crippen LogP) is 3.97. The van der Waals surface area contributed by atoms with Crippen molar-refractivity contribution in [2.24, 2.45) is 0 Å². The van der Waals surface area contributed by atoms with E-state index in [1.807, 2.05) is 0 Å². The molecule has 1 aromatic heterocycles. The molecule has 2 nitrogen and oxygen atoms in total. The Morgan fingerprint density at radius 1 is 0.947 bits per heavy atom. The summed E-state index contributed by atoms with van der Waals surface area (Å²) in [5.41, 5.74) is 6.39. The summed E-state index contributed by atoms with van der Waals surface area (Å²) in [6.07, 6.45) is 0. The molecular formula is C17H16N2. The van der Waals surface area contributed by atoms with Crippen LogP contribution >= 0.6 is 0 Å². The zero-order chi connectivity index (χ0) is 13.2. The van der Waals surface area contributed by atoms with Crippen LogP contribution in [0.2, 0.25) is 0 Å². The lowest BCUT2D eigenvalue weighted by molar-refractivity contribution is 0.627. The van der Waals surface area contributed by atoms with Crippen LogP contribution in [0.1, 0.15) is 30.8 Å². The number of fused-ring (bicyclic) bond motifs is 2. The number of benzene rings is 2. The lowest BCUT2D eigenvalue weighted by Crippen LogP contribution is -2.26. The second kappa shape index (κ2) is 3.27. The standard InChI is InChI=1S/C17H16N2/c1-11-18-14-9-6-8-13-16(14)19(11)15-10-5-4-7-12(15)17(13,2)3/h4-10H,1-3H3. The van der Waals surface area contributed by atoms with E-state index in [-0.39, 0.29) is 5.41 Å². The number of imidazole rings is 1. The quantitative estimate of drug-likeness (QED) is 0.588. The molecule has 0 bridgehead atoms. The van der Waals surface area contributed by atoms with E-state index in [0.717, 1.165) is 11.3 Å². The van der Waals surface area contributed by atoms with Gasteiger partial charge in [0.15, 0.2) is 0 Å². The van der Waals surface area contributed by atoms with Crippen LogP contribution in [0.25, 0.3) is 16.7 Å². The number of nitrogens with zero attached hydrogens (tertiary/aromatic N) is 2. The van der Waals surface area contributed by atoms with Crippen LogP contribution in [0.4, 0.5) is 0 Å². The van der Waals surface area contributed by atoms with Crippen LogP contribution in [0.5, 0.6) is 0 Å². The molecule has 2 aromatic carbocycles. The SMILES string of the molecule is Cc1nc2cccc3c2n1-c1ccccc1C3(C)C. The summed E-state index contributed by atoms with van der Waals surface area (Å²) < 4.78 is 2.30. The molecule has 0 unspecified atom stereocenters. The van der Waals surface area contributed by atoms with E-state index in [4.69, 9.17) is 4.98 Å². The minimum atomic E-state index is 0.0264. The van der Waals surface area contributed by atoms with Crippen molar-refractivity contribution in [1.82, 2.24) is 9.55 Å². The first-order chi connectivity index (χ1) is 9.10. The number of rotatable bonds is 0. The molecule has 2 heteroatoms. The van der Waals surface area contributed by atoms with Gasteiger partial charge in [-0.1, -0.05) is 44.2 Å². The Balaban J connectivity index is 2.30. The van der Waals surface area contributed by atoms with Gasteiger partial charge in [-0.15, -0.1) is 0 Å². The molecule has 0 radical (unpaired) electrons. The molecule has 2 heterocycles. The molecule has 0 atom stereocenters. The van der Waals surface area contributed by atoms with Crippen molar-refractivity contribution < 1.29 is 0 Å². The Hall–Kier alpha value is -2.09. The van der Waals surface area contributed by atoms with E-state index in [1.165, 1.54) is 22.3 Å². The summed E-state index contributed by atoms with van der Waals surface area (Å²) in [7, 11) is 0. The monoisotopic (exact) mass is 248 g/mol. The fraction of sp³-hybridized carbons (Fsp3) is 0.235. The highest BCUT2D eigenvalue weighted by Crippen LogP contribution is 2.44. The third-order valence-electron chi connectivity index (χ3n) is 4.34. The van der Waals surface area contributed by atoms with Gasteiger partial charge in [0.2, 0.25) is 0 Å². The van der Waals surface area contributed by atoms with Crippen LogP contribution in [-0.2, 0) is 5.41 Å². The van der Waals surface area contributed by atoms with Crippen LogP contribution in [-0.4, -0.2) is 9.55 Å². The van der Waals surface area contributed by atoms with Crippen molar-refractivity contribution in [3.8, 4) is 5.69 Å². The van der Waals surface area contributed by atoms with Gasteiger partial charge in [0.05, 0.1) is 16.7 Å². The lowest BCUT2D eigenvalue weighted by atomic mass is 9.75. The second-order valence-electron chi connectivity index (χ2n) is 5.81. The van der Waals surface area contributed by atoms with Gasteiger partial charge in [0.1, 0.15) is 5.82 Å². The number of hydrogen-bond acceptors (Lipinski definition) is 1. The summed E-state index contributed by atoms with van der Waals surface area (Å²) in [5, 5.41) is 0. The van der Waals surface area contributed by atoms with Gasteiger partial charge >= 0.3 is 0 Å². The molecule has 0 amide bonds. The van der Waals surface area contributed by atoms with Gasteiger partial charge in [-0.3, -0.25) is 4.57 Å². The van der Waals surface area contributed by atoms with Crippen molar-refractivity contribution >= 4 is 11.0 Å². The first-order valence-corrected chi connectivity index (χ1v) is 6.69. The first-order valence-electron chi connectivity index (χ1n) is 6.69. The number of aryl methyl sites for hydroxylation is 1. The smallest absolute Gasteiger partial charge is 0.111 e. The maximum absolute atomic E-state index is 4.71. The molecule has 3 aromatic rings. The van der Waals surface area contributed by atoms with Crippen LogP contribution in [0.15, 0.2) is 42.5 Å². The molecule has 0 N–H and O–H groups in total. The van der Waals surface area contributed by atoms with Gasteiger partial charge < -0.3 is 0 Å². The topological polar surface area (TPSA) is 17.8 Å². The first kappa shape index (κ1) is 10.8. The molecule has 19 heavy (non-hydrogen) atoms. The Morgan fingerprint density at radius 2 is 1.68 bits per heavy atom. The Morgan fingerprint density at radius 3 is 2.53 bits per heavy atom. The van der Waals surface area contributed by atoms with E-state index < -0.39 is 0 Å². The largest absolute Gasteiger partial charge is 0.296 e. The number of aromatic nitrogens is 2. The van der Waals surface area contributed by atoms with Gasteiger partial charge in [0.25, 0.3) is 0 Å². The van der Waals surface area contributed by atoms with Crippen molar-refractivity contribution in [2.75, 3.05) is 0 Å². The van der Waals surface area contributed by atoms with E-state index in [9.17, 15) is 0 Å². The molecular weight excluding hydrogens is 232 g/mol. The minimum absolute atomic E-state index is 0.0264. The Labute approximate surface area is 112 Å². The van der Waals surface area contributed by atoms with E-state index in [2.05, 4.69) is 67.8 Å². The zero-order valence-corrected chi connectivity index (χ0v) is 11.4. The van der Waals surface area contributed by atoms with Crippen LogP contribution in [0, 0.1) is 6.92 Å². The molecule has 0 fully saturated rings. The fourth-order valence-corrected chi connectivity index (χ4v) is 3.38. The molecule has 4 rings (SSSR count). The highest BCUT2D eigenvalue weighted by Gasteiger charge is 2.34. The number of para-hydroxylation sites is 2. The number of hydrogen-bond donors (Lipinski definition) is 0. The summed E-state index contributed by atoms with van der Waals surface area (Å²) in [6.45, 7) is 6.68. The normalized spacial score (nSPS) is 15.5. The molecule has 94 valence electrons. The van der Waals surface area contributed by atoms with Crippen molar-refractivity contribution in [3.05, 3.63) is 59.4 Å². The molecule has 0 spiro atoms. The fourth-order valence-electron chi connectivity index (χ4n) is 3.38. The average Bonchev–Trinajstić information content (AvgIpc) is 2.73. The summed E-state index contributed by atoms with van der Waals surface area (Å²) >= 11 is 0.